The van der Waals surface area contributed by atoms with Crippen LogP contribution in [0.5, 0.6) is 11.5 Å². The molecule has 0 aliphatic carbocycles. The van der Waals surface area contributed by atoms with Gasteiger partial charge in [0.25, 0.3) is 5.91 Å². The highest BCUT2D eigenvalue weighted by atomic mass is 19.4. The second-order valence-corrected chi connectivity index (χ2v) is 5.77. The maximum atomic E-state index is 12.5. The van der Waals surface area contributed by atoms with Gasteiger partial charge in [0.2, 0.25) is 5.91 Å². The third-order valence-corrected chi connectivity index (χ3v) is 3.80. The summed E-state index contributed by atoms with van der Waals surface area (Å²) in [5.74, 6) is -0.767. The maximum absolute atomic E-state index is 12.5. The van der Waals surface area contributed by atoms with Crippen LogP contribution >= 0.6 is 0 Å². The highest BCUT2D eigenvalue weighted by Gasteiger charge is 2.33. The first-order chi connectivity index (χ1) is 12.7. The van der Waals surface area contributed by atoms with E-state index in [9.17, 15) is 22.8 Å². The van der Waals surface area contributed by atoms with Crippen LogP contribution in [0.25, 0.3) is 0 Å². The molecule has 27 heavy (non-hydrogen) atoms. The van der Waals surface area contributed by atoms with E-state index >= 15 is 0 Å². The number of anilines is 2. The highest BCUT2D eigenvalue weighted by Crippen LogP contribution is 2.33. The Hall–Kier alpha value is -3.23. The van der Waals surface area contributed by atoms with E-state index < -0.39 is 24.1 Å². The fraction of sp³-hybridized carbons (Fsp3) is 0.222. The van der Waals surface area contributed by atoms with Gasteiger partial charge in [-0.15, -0.1) is 13.2 Å². The summed E-state index contributed by atoms with van der Waals surface area (Å²) in [5, 5.41) is 2.55. The van der Waals surface area contributed by atoms with Crippen molar-refractivity contribution in [2.24, 2.45) is 0 Å². The van der Waals surface area contributed by atoms with Crippen molar-refractivity contribution in [1.29, 1.82) is 0 Å². The zero-order chi connectivity index (χ0) is 19.6. The molecule has 1 aliphatic rings. The van der Waals surface area contributed by atoms with Gasteiger partial charge >= 0.3 is 6.36 Å². The second-order valence-electron chi connectivity index (χ2n) is 5.77. The van der Waals surface area contributed by atoms with Crippen LogP contribution in [0.15, 0.2) is 48.5 Å². The Balaban J connectivity index is 1.70. The monoisotopic (exact) mass is 380 g/mol. The van der Waals surface area contributed by atoms with Gasteiger partial charge in [0.1, 0.15) is 11.5 Å². The SMILES string of the molecule is CC(=O)N1C[C@@H](C(=O)Nc2ccc(OC(F)(F)F)cc2)Oc2ccccc21. The average molecular weight is 380 g/mol. The number of amides is 2. The molecule has 0 saturated carbocycles. The molecule has 0 saturated heterocycles. The quantitative estimate of drug-likeness (QED) is 0.887. The Bertz CT molecular complexity index is 852. The molecule has 0 unspecified atom stereocenters. The van der Waals surface area contributed by atoms with Crippen molar-refractivity contribution in [2.45, 2.75) is 19.4 Å². The second kappa shape index (κ2) is 7.18. The number of benzene rings is 2. The van der Waals surface area contributed by atoms with Gasteiger partial charge in [-0.1, -0.05) is 12.1 Å². The van der Waals surface area contributed by atoms with Crippen LogP contribution in [0, 0.1) is 0 Å². The van der Waals surface area contributed by atoms with Gasteiger partial charge < -0.3 is 19.7 Å². The maximum Gasteiger partial charge on any atom is 0.573 e. The minimum absolute atomic E-state index is 0.0213. The molecule has 6 nitrogen and oxygen atoms in total. The van der Waals surface area contributed by atoms with E-state index in [0.29, 0.717) is 11.4 Å². The molecular weight excluding hydrogens is 365 g/mol. The van der Waals surface area contributed by atoms with E-state index in [4.69, 9.17) is 4.74 Å². The molecule has 1 aliphatic heterocycles. The molecule has 0 spiro atoms. The van der Waals surface area contributed by atoms with Crippen LogP contribution in [0.1, 0.15) is 6.92 Å². The summed E-state index contributed by atoms with van der Waals surface area (Å²) in [4.78, 5) is 25.8. The summed E-state index contributed by atoms with van der Waals surface area (Å²) in [7, 11) is 0. The summed E-state index contributed by atoms with van der Waals surface area (Å²) >= 11 is 0. The molecule has 2 aromatic carbocycles. The van der Waals surface area contributed by atoms with Crippen LogP contribution in [-0.2, 0) is 9.59 Å². The predicted molar refractivity (Wildman–Crippen MR) is 90.6 cm³/mol. The van der Waals surface area contributed by atoms with Crippen molar-refractivity contribution < 1.29 is 32.2 Å². The number of alkyl halides is 3. The van der Waals surface area contributed by atoms with Crippen molar-refractivity contribution >= 4 is 23.2 Å². The Labute approximate surface area is 152 Å². The van der Waals surface area contributed by atoms with E-state index in [1.165, 1.54) is 24.0 Å². The fourth-order valence-electron chi connectivity index (χ4n) is 2.63. The molecular formula is C18H15F3N2O4. The lowest BCUT2D eigenvalue weighted by Crippen LogP contribution is -2.48. The van der Waals surface area contributed by atoms with E-state index in [-0.39, 0.29) is 18.1 Å². The molecule has 1 atom stereocenters. The van der Waals surface area contributed by atoms with Gasteiger partial charge in [-0.25, -0.2) is 0 Å². The molecule has 2 aromatic rings. The van der Waals surface area contributed by atoms with Gasteiger partial charge in [-0.3, -0.25) is 9.59 Å². The first kappa shape index (κ1) is 18.6. The molecule has 0 fully saturated rings. The molecule has 0 radical (unpaired) electrons. The lowest BCUT2D eigenvalue weighted by Gasteiger charge is -2.33. The molecule has 142 valence electrons. The number of carbonyl (C=O) groups is 2. The highest BCUT2D eigenvalue weighted by molar-refractivity contribution is 5.99. The van der Waals surface area contributed by atoms with E-state index in [1.54, 1.807) is 24.3 Å². The summed E-state index contributed by atoms with van der Waals surface area (Å²) < 4.78 is 46.0. The fourth-order valence-corrected chi connectivity index (χ4v) is 2.63. The van der Waals surface area contributed by atoms with E-state index in [1.807, 2.05) is 0 Å². The number of nitrogens with zero attached hydrogens (tertiary/aromatic N) is 1. The normalized spacial score (nSPS) is 16.1. The largest absolute Gasteiger partial charge is 0.573 e. The van der Waals surface area contributed by atoms with Gasteiger partial charge in [0.05, 0.1) is 12.2 Å². The standard InChI is InChI=1S/C18H15F3N2O4/c1-11(24)23-10-16(26-15-5-3-2-4-14(15)23)17(25)22-12-6-8-13(9-7-12)27-18(19,20)21/h2-9,16H,10H2,1H3,(H,22,25)/t16-/m0/s1. The number of rotatable bonds is 3. The van der Waals surface area contributed by atoms with Crippen LogP contribution in [0.3, 0.4) is 0 Å². The topological polar surface area (TPSA) is 67.9 Å². The third kappa shape index (κ3) is 4.49. The minimum Gasteiger partial charge on any atom is -0.476 e. The number of carbonyl (C=O) groups excluding carboxylic acids is 2. The molecule has 9 heteroatoms. The predicted octanol–water partition coefficient (Wildman–Crippen LogP) is 3.34. The summed E-state index contributed by atoms with van der Waals surface area (Å²) in [6, 6.07) is 11.6. The molecule has 0 bridgehead atoms. The summed E-state index contributed by atoms with van der Waals surface area (Å²) in [5.41, 5.74) is 0.842. The first-order valence-corrected chi connectivity index (χ1v) is 7.93. The Morgan fingerprint density at radius 2 is 1.81 bits per heavy atom. The lowest BCUT2D eigenvalue weighted by molar-refractivity contribution is -0.274. The summed E-state index contributed by atoms with van der Waals surface area (Å²) in [6.07, 6.45) is -5.75. The molecule has 3 rings (SSSR count). The number of nitrogens with one attached hydrogen (secondary N) is 1. The van der Waals surface area contributed by atoms with Crippen LogP contribution in [0.2, 0.25) is 0 Å². The van der Waals surface area contributed by atoms with Crippen molar-refractivity contribution in [3.8, 4) is 11.5 Å². The Kier molecular flexibility index (Phi) is 4.93. The zero-order valence-electron chi connectivity index (χ0n) is 14.1. The molecule has 1 N–H and O–H groups in total. The number of halogens is 3. The van der Waals surface area contributed by atoms with Crippen molar-refractivity contribution in [1.82, 2.24) is 0 Å². The molecule has 1 heterocycles. The molecule has 2 amide bonds. The minimum atomic E-state index is -4.79. The first-order valence-electron chi connectivity index (χ1n) is 7.93. The smallest absolute Gasteiger partial charge is 0.476 e. The van der Waals surface area contributed by atoms with Crippen molar-refractivity contribution in [3.05, 3.63) is 48.5 Å². The Morgan fingerprint density at radius 1 is 1.15 bits per heavy atom. The van der Waals surface area contributed by atoms with Crippen molar-refractivity contribution in [3.63, 3.8) is 0 Å². The van der Waals surface area contributed by atoms with Crippen LogP contribution in [0.4, 0.5) is 24.5 Å². The zero-order valence-corrected chi connectivity index (χ0v) is 14.1. The van der Waals surface area contributed by atoms with Gasteiger partial charge in [-0.05, 0) is 36.4 Å². The van der Waals surface area contributed by atoms with Gasteiger partial charge in [0, 0.05) is 12.6 Å². The number of ether oxygens (including phenoxy) is 2. The lowest BCUT2D eigenvalue weighted by atomic mass is 10.1. The third-order valence-electron chi connectivity index (χ3n) is 3.80. The Morgan fingerprint density at radius 3 is 2.44 bits per heavy atom. The molecule has 0 aromatic heterocycles. The number of hydrogen-bond acceptors (Lipinski definition) is 4. The van der Waals surface area contributed by atoms with Gasteiger partial charge in [-0.2, -0.15) is 0 Å². The van der Waals surface area contributed by atoms with Crippen LogP contribution in [-0.4, -0.2) is 30.8 Å². The average Bonchev–Trinajstić information content (AvgIpc) is 2.61. The summed E-state index contributed by atoms with van der Waals surface area (Å²) in [6.45, 7) is 1.41. The van der Waals surface area contributed by atoms with E-state index in [2.05, 4.69) is 10.1 Å². The van der Waals surface area contributed by atoms with Crippen LogP contribution < -0.4 is 19.7 Å². The number of hydrogen-bond donors (Lipinski definition) is 1. The van der Waals surface area contributed by atoms with Gasteiger partial charge in [0.15, 0.2) is 6.10 Å². The van der Waals surface area contributed by atoms with Crippen molar-refractivity contribution in [2.75, 3.05) is 16.8 Å². The van der Waals surface area contributed by atoms with E-state index in [0.717, 1.165) is 12.1 Å². The number of fused-ring (bicyclic) bond motifs is 1. The number of para-hydroxylation sites is 2.